The second-order valence-corrected chi connectivity index (χ2v) is 7.04. The van der Waals surface area contributed by atoms with Crippen molar-refractivity contribution in [3.63, 3.8) is 0 Å². The van der Waals surface area contributed by atoms with Gasteiger partial charge in [-0.1, -0.05) is 29.3 Å². The molecule has 2 rings (SSSR count). The summed E-state index contributed by atoms with van der Waals surface area (Å²) in [6.45, 7) is 0.424. The lowest BCUT2D eigenvalue weighted by Gasteiger charge is -2.08. The second-order valence-electron chi connectivity index (χ2n) is 4.64. The summed E-state index contributed by atoms with van der Waals surface area (Å²) in [5, 5.41) is 1.06. The maximum Gasteiger partial charge on any atom is 0.123 e. The van der Waals surface area contributed by atoms with Crippen LogP contribution in [0.2, 0.25) is 10.0 Å². The van der Waals surface area contributed by atoms with E-state index in [4.69, 9.17) is 27.9 Å². The Morgan fingerprint density at radius 1 is 1.05 bits per heavy atom. The van der Waals surface area contributed by atoms with E-state index in [-0.39, 0.29) is 5.82 Å². The number of benzene rings is 2. The van der Waals surface area contributed by atoms with Crippen molar-refractivity contribution in [2.45, 2.75) is 12.2 Å². The average Bonchev–Trinajstić information content (AvgIpc) is 2.49. The van der Waals surface area contributed by atoms with E-state index in [1.165, 1.54) is 12.1 Å². The summed E-state index contributed by atoms with van der Waals surface area (Å²) in [5.74, 6) is 1.11. The van der Waals surface area contributed by atoms with Crippen molar-refractivity contribution in [2.75, 3.05) is 12.4 Å². The smallest absolute Gasteiger partial charge is 0.123 e. The Morgan fingerprint density at radius 3 is 2.32 bits per heavy atom. The molecule has 0 radical (unpaired) electrons. The molecule has 1 atom stereocenters. The fraction of sp³-hybridized carbons (Fsp3) is 0.250. The minimum Gasteiger partial charge on any atom is -0.494 e. The third-order valence-electron chi connectivity index (χ3n) is 2.97. The molecule has 0 heterocycles. The van der Waals surface area contributed by atoms with E-state index < -0.39 is 10.8 Å². The van der Waals surface area contributed by atoms with E-state index in [2.05, 4.69) is 0 Å². The molecule has 0 saturated carbocycles. The maximum absolute atomic E-state index is 12.7. The van der Waals surface area contributed by atoms with Gasteiger partial charge in [-0.15, -0.1) is 0 Å². The Bertz CT molecular complexity index is 627. The van der Waals surface area contributed by atoms with Crippen molar-refractivity contribution in [3.8, 4) is 5.75 Å². The molecule has 0 aliphatic carbocycles. The van der Waals surface area contributed by atoms with Crippen LogP contribution in [0.4, 0.5) is 4.39 Å². The summed E-state index contributed by atoms with van der Waals surface area (Å²) in [6.07, 6.45) is 0.631. The standard InChI is InChI=1S/C16H15Cl2FO2S/c17-15-3-1-4-16(18)14(15)11-22(20)10-2-9-21-13-7-5-12(19)6-8-13/h1,3-8H,2,9-11H2/t22-/m1/s1. The highest BCUT2D eigenvalue weighted by atomic mass is 35.5. The summed E-state index contributed by atoms with van der Waals surface area (Å²) in [6, 6.07) is 11.0. The van der Waals surface area contributed by atoms with Crippen LogP contribution in [-0.4, -0.2) is 16.6 Å². The largest absolute Gasteiger partial charge is 0.494 e. The Hall–Kier alpha value is -1.10. The van der Waals surface area contributed by atoms with Crippen molar-refractivity contribution in [3.05, 3.63) is 63.9 Å². The summed E-state index contributed by atoms with van der Waals surface area (Å²) >= 11 is 12.1. The molecule has 0 spiro atoms. The topological polar surface area (TPSA) is 26.3 Å². The van der Waals surface area contributed by atoms with Crippen LogP contribution in [0, 0.1) is 5.82 Å². The van der Waals surface area contributed by atoms with Gasteiger partial charge in [0, 0.05) is 32.2 Å². The zero-order valence-electron chi connectivity index (χ0n) is 11.7. The molecule has 0 bridgehead atoms. The van der Waals surface area contributed by atoms with E-state index in [0.29, 0.717) is 45.9 Å². The van der Waals surface area contributed by atoms with Gasteiger partial charge in [-0.2, -0.15) is 0 Å². The zero-order valence-corrected chi connectivity index (χ0v) is 14.1. The van der Waals surface area contributed by atoms with Gasteiger partial charge in [0.05, 0.1) is 12.4 Å². The Balaban J connectivity index is 1.75. The van der Waals surface area contributed by atoms with E-state index in [0.717, 1.165) is 0 Å². The van der Waals surface area contributed by atoms with Gasteiger partial charge in [0.15, 0.2) is 0 Å². The van der Waals surface area contributed by atoms with Crippen LogP contribution in [0.15, 0.2) is 42.5 Å². The predicted molar refractivity (Wildman–Crippen MR) is 89.7 cm³/mol. The molecule has 22 heavy (non-hydrogen) atoms. The molecule has 2 aromatic rings. The van der Waals surface area contributed by atoms with Crippen LogP contribution in [-0.2, 0) is 16.6 Å². The Morgan fingerprint density at radius 2 is 1.68 bits per heavy atom. The molecular formula is C16H15Cl2FO2S. The minimum atomic E-state index is -1.06. The monoisotopic (exact) mass is 360 g/mol. The third kappa shape index (κ3) is 5.27. The van der Waals surface area contributed by atoms with Gasteiger partial charge < -0.3 is 4.74 Å². The molecule has 0 amide bonds. The molecule has 6 heteroatoms. The van der Waals surface area contributed by atoms with Crippen LogP contribution in [0.3, 0.4) is 0 Å². The van der Waals surface area contributed by atoms with E-state index in [9.17, 15) is 8.60 Å². The highest BCUT2D eigenvalue weighted by Crippen LogP contribution is 2.25. The number of hydrogen-bond donors (Lipinski definition) is 0. The summed E-state index contributed by atoms with van der Waals surface area (Å²) < 4.78 is 30.3. The predicted octanol–water partition coefficient (Wildman–Crippen LogP) is 4.85. The number of halogens is 3. The van der Waals surface area contributed by atoms with Gasteiger partial charge >= 0.3 is 0 Å². The van der Waals surface area contributed by atoms with Crippen LogP contribution >= 0.6 is 23.2 Å². The number of rotatable bonds is 7. The van der Waals surface area contributed by atoms with E-state index in [1.54, 1.807) is 30.3 Å². The van der Waals surface area contributed by atoms with Crippen molar-refractivity contribution in [1.29, 1.82) is 0 Å². The first kappa shape index (κ1) is 17.3. The van der Waals surface area contributed by atoms with Crippen LogP contribution in [0.1, 0.15) is 12.0 Å². The van der Waals surface area contributed by atoms with Gasteiger partial charge in [-0.25, -0.2) is 4.39 Å². The van der Waals surface area contributed by atoms with Crippen LogP contribution < -0.4 is 4.74 Å². The molecule has 0 unspecified atom stereocenters. The molecule has 2 aromatic carbocycles. The zero-order chi connectivity index (χ0) is 15.9. The van der Waals surface area contributed by atoms with Gasteiger partial charge in [0.1, 0.15) is 11.6 Å². The van der Waals surface area contributed by atoms with Crippen LogP contribution in [0.25, 0.3) is 0 Å². The lowest BCUT2D eigenvalue weighted by atomic mass is 10.2. The molecule has 0 saturated heterocycles. The molecular weight excluding hydrogens is 346 g/mol. The molecule has 0 aliphatic rings. The Labute approximate surface area is 141 Å². The molecule has 118 valence electrons. The van der Waals surface area contributed by atoms with E-state index >= 15 is 0 Å². The maximum atomic E-state index is 12.7. The van der Waals surface area contributed by atoms with Gasteiger partial charge in [-0.05, 0) is 42.8 Å². The van der Waals surface area contributed by atoms with Gasteiger partial charge in [0.25, 0.3) is 0 Å². The van der Waals surface area contributed by atoms with Crippen LogP contribution in [0.5, 0.6) is 5.75 Å². The van der Waals surface area contributed by atoms with Crippen molar-refractivity contribution < 1.29 is 13.3 Å². The van der Waals surface area contributed by atoms with Gasteiger partial charge in [0.2, 0.25) is 0 Å². The average molecular weight is 361 g/mol. The minimum absolute atomic E-state index is 0.301. The Kier molecular flexibility index (Phi) is 6.68. The first-order valence-corrected chi connectivity index (χ1v) is 8.97. The molecule has 2 nitrogen and oxygen atoms in total. The molecule has 0 aliphatic heterocycles. The summed E-state index contributed by atoms with van der Waals surface area (Å²) in [5.41, 5.74) is 0.712. The third-order valence-corrected chi connectivity index (χ3v) is 5.03. The summed E-state index contributed by atoms with van der Waals surface area (Å²) in [4.78, 5) is 0. The fourth-order valence-electron chi connectivity index (χ4n) is 1.84. The SMILES string of the molecule is O=[S@](CCCOc1ccc(F)cc1)Cc1c(Cl)cccc1Cl. The lowest BCUT2D eigenvalue weighted by Crippen LogP contribution is -2.07. The summed E-state index contributed by atoms with van der Waals surface area (Å²) in [7, 11) is -1.06. The van der Waals surface area contributed by atoms with Crippen molar-refractivity contribution in [1.82, 2.24) is 0 Å². The fourth-order valence-corrected chi connectivity index (χ4v) is 3.75. The normalized spacial score (nSPS) is 12.1. The molecule has 0 fully saturated rings. The molecule has 0 aromatic heterocycles. The quantitative estimate of drug-likeness (QED) is 0.659. The first-order chi connectivity index (χ1) is 10.6. The van der Waals surface area contributed by atoms with Gasteiger partial charge in [-0.3, -0.25) is 4.21 Å². The van der Waals surface area contributed by atoms with Crippen molar-refractivity contribution >= 4 is 34.0 Å². The number of ether oxygens (including phenoxy) is 1. The lowest BCUT2D eigenvalue weighted by molar-refractivity contribution is 0.318. The van der Waals surface area contributed by atoms with Crippen molar-refractivity contribution in [2.24, 2.45) is 0 Å². The number of hydrogen-bond acceptors (Lipinski definition) is 2. The highest BCUT2D eigenvalue weighted by Gasteiger charge is 2.09. The second kappa shape index (κ2) is 8.51. The molecule has 0 N–H and O–H groups in total. The highest BCUT2D eigenvalue weighted by molar-refractivity contribution is 7.84. The first-order valence-electron chi connectivity index (χ1n) is 6.72. The van der Waals surface area contributed by atoms with E-state index in [1.807, 2.05) is 0 Å².